The number of benzene rings is 1. The fraction of sp³-hybridized carbons (Fsp3) is 0.474. The number of rotatable bonds is 1. The van der Waals surface area contributed by atoms with Gasteiger partial charge < -0.3 is 15.1 Å². The van der Waals surface area contributed by atoms with Crippen LogP contribution in [-0.2, 0) is 13.5 Å². The Morgan fingerprint density at radius 2 is 1.71 bits per heavy atom. The molecule has 4 nitrogen and oxygen atoms in total. The Morgan fingerprint density at radius 3 is 2.38 bits per heavy atom. The van der Waals surface area contributed by atoms with E-state index in [9.17, 15) is 0 Å². The molecular formula is C19H29ClN2O2. The van der Waals surface area contributed by atoms with Gasteiger partial charge in [-0.2, -0.15) is 0 Å². The van der Waals surface area contributed by atoms with Gasteiger partial charge in [0.1, 0.15) is 0 Å². The molecule has 0 saturated carbocycles. The molecule has 1 fully saturated rings. The van der Waals surface area contributed by atoms with Crippen LogP contribution < -0.4 is 0 Å². The smallest absolute Gasteiger partial charge is 0.0402 e. The number of nitrogens with zero attached hydrogens (tertiary/aromatic N) is 2. The average Bonchev–Trinajstić information content (AvgIpc) is 3.13. The fourth-order valence-electron chi connectivity index (χ4n) is 3.98. The highest BCUT2D eigenvalue weighted by Crippen LogP contribution is 2.47. The van der Waals surface area contributed by atoms with Gasteiger partial charge in [-0.25, -0.2) is 0 Å². The van der Waals surface area contributed by atoms with E-state index in [0.717, 1.165) is 0 Å². The summed E-state index contributed by atoms with van der Waals surface area (Å²) in [7, 11) is 2.18. The maximum absolute atomic E-state index is 7.57. The molecule has 0 aliphatic carbocycles. The molecule has 0 bridgehead atoms. The zero-order valence-corrected chi connectivity index (χ0v) is 15.3. The molecule has 2 aliphatic heterocycles. The molecule has 3 heterocycles. The predicted octanol–water partition coefficient (Wildman–Crippen LogP) is 3.06. The molecule has 3 N–H and O–H groups in total. The molecule has 4 rings (SSSR count). The van der Waals surface area contributed by atoms with Crippen LogP contribution in [0, 0.1) is 0 Å². The van der Waals surface area contributed by atoms with Crippen molar-refractivity contribution in [3.63, 3.8) is 0 Å². The van der Waals surface area contributed by atoms with Gasteiger partial charge >= 0.3 is 0 Å². The predicted molar refractivity (Wildman–Crippen MR) is 101 cm³/mol. The van der Waals surface area contributed by atoms with E-state index in [2.05, 4.69) is 59.1 Å². The minimum Gasteiger partial charge on any atom is -0.412 e. The van der Waals surface area contributed by atoms with E-state index in [-0.39, 0.29) is 24.5 Å². The monoisotopic (exact) mass is 352 g/mol. The fourth-order valence-corrected chi connectivity index (χ4v) is 3.98. The number of aliphatic hydroxyl groups excluding tert-OH is 1. The normalized spacial score (nSPS) is 21.5. The molecule has 2 aromatic rings. The van der Waals surface area contributed by atoms with Gasteiger partial charge in [0.2, 0.25) is 0 Å². The lowest BCUT2D eigenvalue weighted by atomic mass is 9.99. The quantitative estimate of drug-likeness (QED) is 0.857. The molecule has 0 amide bonds. The topological polar surface area (TPSA) is 59.9 Å². The van der Waals surface area contributed by atoms with Gasteiger partial charge in [-0.05, 0) is 37.0 Å². The second-order valence-corrected chi connectivity index (χ2v) is 6.15. The Labute approximate surface area is 150 Å². The van der Waals surface area contributed by atoms with Crippen LogP contribution in [0.1, 0.15) is 48.7 Å². The van der Waals surface area contributed by atoms with Crippen molar-refractivity contribution in [3.8, 4) is 0 Å². The summed E-state index contributed by atoms with van der Waals surface area (Å²) in [6, 6.07) is 14.6. The van der Waals surface area contributed by atoms with Gasteiger partial charge in [-0.1, -0.05) is 30.3 Å². The Morgan fingerprint density at radius 1 is 1.08 bits per heavy atom. The van der Waals surface area contributed by atoms with Gasteiger partial charge in [0.05, 0.1) is 0 Å². The van der Waals surface area contributed by atoms with E-state index in [4.69, 9.17) is 5.11 Å². The lowest BCUT2D eigenvalue weighted by Crippen LogP contribution is -2.33. The van der Waals surface area contributed by atoms with E-state index in [1.807, 2.05) is 0 Å². The molecule has 24 heavy (non-hydrogen) atoms. The van der Waals surface area contributed by atoms with E-state index in [1.54, 1.807) is 18.2 Å². The van der Waals surface area contributed by atoms with E-state index in [0.29, 0.717) is 12.1 Å². The maximum Gasteiger partial charge on any atom is 0.0402 e. The van der Waals surface area contributed by atoms with Crippen LogP contribution in [0.5, 0.6) is 0 Å². The average molecular weight is 353 g/mol. The van der Waals surface area contributed by atoms with Crippen LogP contribution in [0.25, 0.3) is 0 Å². The second-order valence-electron chi connectivity index (χ2n) is 6.15. The molecule has 0 radical (unpaired) electrons. The summed E-state index contributed by atoms with van der Waals surface area (Å²) >= 11 is 0. The number of aliphatic hydroxyl groups is 1. The first-order valence-corrected chi connectivity index (χ1v) is 8.32. The molecule has 2 atom stereocenters. The summed E-state index contributed by atoms with van der Waals surface area (Å²) in [6.45, 7) is 3.13. The zero-order valence-electron chi connectivity index (χ0n) is 14.5. The first-order valence-electron chi connectivity index (χ1n) is 8.32. The van der Waals surface area contributed by atoms with E-state index >= 15 is 0 Å². The van der Waals surface area contributed by atoms with Gasteiger partial charge in [0.25, 0.3) is 0 Å². The third-order valence-electron chi connectivity index (χ3n) is 4.90. The third kappa shape index (κ3) is 3.83. The first kappa shape index (κ1) is 20.7. The number of hydrogen-bond donors (Lipinski definition) is 1. The largest absolute Gasteiger partial charge is 0.412 e. The number of halogens is 1. The SMILES string of the molecule is CCO.Cl.Cn1ccc2c1CCN1C(c3ccccc3)CCC21.O. The highest BCUT2D eigenvalue weighted by molar-refractivity contribution is 5.85. The molecule has 5 heteroatoms. The van der Waals surface area contributed by atoms with Gasteiger partial charge in [-0.15, -0.1) is 12.4 Å². The van der Waals surface area contributed by atoms with Crippen molar-refractivity contribution in [2.45, 2.75) is 38.3 Å². The van der Waals surface area contributed by atoms with Gasteiger partial charge in [0.15, 0.2) is 0 Å². The van der Waals surface area contributed by atoms with Gasteiger partial charge in [-0.3, -0.25) is 4.90 Å². The van der Waals surface area contributed by atoms with E-state index < -0.39 is 0 Å². The van der Waals surface area contributed by atoms with Crippen molar-refractivity contribution >= 4 is 12.4 Å². The molecule has 1 saturated heterocycles. The van der Waals surface area contributed by atoms with Crippen LogP contribution in [0.3, 0.4) is 0 Å². The lowest BCUT2D eigenvalue weighted by molar-refractivity contribution is 0.182. The summed E-state index contributed by atoms with van der Waals surface area (Å²) in [6.07, 6.45) is 6.02. The zero-order chi connectivity index (χ0) is 15.5. The van der Waals surface area contributed by atoms with Crippen molar-refractivity contribution in [1.82, 2.24) is 9.47 Å². The Hall–Kier alpha value is -1.33. The number of fused-ring (bicyclic) bond motifs is 3. The van der Waals surface area contributed by atoms with Crippen molar-refractivity contribution < 1.29 is 10.6 Å². The number of hydrogen-bond acceptors (Lipinski definition) is 2. The molecular weight excluding hydrogens is 324 g/mol. The molecule has 0 spiro atoms. The van der Waals surface area contributed by atoms with Crippen LogP contribution >= 0.6 is 12.4 Å². The Balaban J connectivity index is 0.000000539. The standard InChI is InChI=1S/C17H20N2.C2H6O.ClH.H2O/c1-18-11-9-14-16(18)10-12-19-15(7-8-17(14)19)13-5-3-2-4-6-13;1-2-3;;/h2-6,9,11,15,17H,7-8,10,12H2,1H3;3H,2H2,1H3;1H;1H2. The third-order valence-corrected chi connectivity index (χ3v) is 4.90. The number of aryl methyl sites for hydroxylation is 1. The minimum atomic E-state index is 0. The van der Waals surface area contributed by atoms with Crippen LogP contribution in [0.4, 0.5) is 0 Å². The molecule has 134 valence electrons. The Bertz CT molecular complexity index is 615. The highest BCUT2D eigenvalue weighted by Gasteiger charge is 2.39. The van der Waals surface area contributed by atoms with Crippen LogP contribution in [0.15, 0.2) is 42.6 Å². The molecule has 2 unspecified atom stereocenters. The van der Waals surface area contributed by atoms with E-state index in [1.165, 1.54) is 31.4 Å². The number of aromatic nitrogens is 1. The summed E-state index contributed by atoms with van der Waals surface area (Å²) in [5.41, 5.74) is 4.62. The lowest BCUT2D eigenvalue weighted by Gasteiger charge is -2.34. The highest BCUT2D eigenvalue weighted by atomic mass is 35.5. The van der Waals surface area contributed by atoms with Crippen molar-refractivity contribution in [2.24, 2.45) is 7.05 Å². The van der Waals surface area contributed by atoms with Crippen LogP contribution in [-0.4, -0.2) is 33.2 Å². The van der Waals surface area contributed by atoms with Crippen molar-refractivity contribution in [2.75, 3.05) is 13.2 Å². The Kier molecular flexibility index (Phi) is 7.97. The maximum atomic E-state index is 7.57. The summed E-state index contributed by atoms with van der Waals surface area (Å²) in [5.74, 6) is 0. The summed E-state index contributed by atoms with van der Waals surface area (Å²) in [5, 5.41) is 7.57. The summed E-state index contributed by atoms with van der Waals surface area (Å²) in [4.78, 5) is 2.72. The second kappa shape index (κ2) is 9.23. The van der Waals surface area contributed by atoms with Crippen molar-refractivity contribution in [1.29, 1.82) is 0 Å². The van der Waals surface area contributed by atoms with Gasteiger partial charge in [0, 0.05) is 50.6 Å². The minimum absolute atomic E-state index is 0. The first-order chi connectivity index (χ1) is 10.8. The van der Waals surface area contributed by atoms with Crippen LogP contribution in [0.2, 0.25) is 0 Å². The molecule has 1 aromatic carbocycles. The van der Waals surface area contributed by atoms with Crippen molar-refractivity contribution in [3.05, 3.63) is 59.4 Å². The molecule has 1 aromatic heterocycles. The summed E-state index contributed by atoms with van der Waals surface area (Å²) < 4.78 is 2.31. The molecule has 2 aliphatic rings.